The highest BCUT2D eigenvalue weighted by Gasteiger charge is 2.35. The molecular weight excluding hydrogens is 368 g/mol. The molecule has 28 heavy (non-hydrogen) atoms. The van der Waals surface area contributed by atoms with Gasteiger partial charge in [0.2, 0.25) is 11.8 Å². The van der Waals surface area contributed by atoms with Gasteiger partial charge in [-0.3, -0.25) is 14.5 Å². The first-order valence-electron chi connectivity index (χ1n) is 10.1. The zero-order valence-electron chi connectivity index (χ0n) is 16.2. The Balaban J connectivity index is 1.52. The fraction of sp³-hybridized carbons (Fsp3) is 0.391. The molecule has 146 valence electrons. The van der Waals surface area contributed by atoms with Crippen LogP contribution in [0.1, 0.15) is 49.1 Å². The van der Waals surface area contributed by atoms with Gasteiger partial charge in [0.15, 0.2) is 0 Å². The van der Waals surface area contributed by atoms with E-state index in [2.05, 4.69) is 18.3 Å². The molecule has 2 fully saturated rings. The molecule has 0 unspecified atom stereocenters. The molecule has 1 heterocycles. The van der Waals surface area contributed by atoms with Crippen molar-refractivity contribution in [3.05, 3.63) is 59.7 Å². The van der Waals surface area contributed by atoms with Gasteiger partial charge in [-0.15, -0.1) is 11.8 Å². The van der Waals surface area contributed by atoms with Crippen molar-refractivity contribution < 1.29 is 9.59 Å². The lowest BCUT2D eigenvalue weighted by Gasteiger charge is -2.26. The number of hydrogen-bond donors (Lipinski definition) is 1. The molecule has 0 aromatic heterocycles. The van der Waals surface area contributed by atoms with Gasteiger partial charge in [0.1, 0.15) is 5.37 Å². The van der Waals surface area contributed by atoms with Crippen molar-refractivity contribution in [3.63, 3.8) is 0 Å². The number of benzene rings is 2. The van der Waals surface area contributed by atoms with Crippen LogP contribution < -0.4 is 10.2 Å². The van der Waals surface area contributed by atoms with Crippen molar-refractivity contribution in [3.8, 4) is 0 Å². The molecule has 4 nitrogen and oxygen atoms in total. The average Bonchev–Trinajstić information content (AvgIpc) is 3.39. The van der Waals surface area contributed by atoms with Crippen molar-refractivity contribution in [2.45, 2.75) is 44.4 Å². The molecule has 1 saturated heterocycles. The van der Waals surface area contributed by atoms with E-state index in [1.807, 2.05) is 47.4 Å². The minimum Gasteiger partial charge on any atom is -0.326 e. The highest BCUT2D eigenvalue weighted by molar-refractivity contribution is 8.00. The molecule has 1 aliphatic heterocycles. The van der Waals surface area contributed by atoms with Gasteiger partial charge in [0.05, 0.1) is 5.75 Å². The quantitative estimate of drug-likeness (QED) is 0.762. The second kappa shape index (κ2) is 8.39. The summed E-state index contributed by atoms with van der Waals surface area (Å²) in [6.07, 6.45) is 5.19. The van der Waals surface area contributed by atoms with Gasteiger partial charge in [-0.2, -0.15) is 0 Å². The summed E-state index contributed by atoms with van der Waals surface area (Å²) in [5.74, 6) is 0.926. The normalized spacial score (nSPS) is 20.0. The smallest absolute Gasteiger partial charge is 0.238 e. The fourth-order valence-corrected chi connectivity index (χ4v) is 5.31. The topological polar surface area (TPSA) is 49.4 Å². The first-order valence-corrected chi connectivity index (χ1v) is 11.1. The van der Waals surface area contributed by atoms with Crippen molar-refractivity contribution in [1.82, 2.24) is 0 Å². The van der Waals surface area contributed by atoms with Crippen molar-refractivity contribution in [1.29, 1.82) is 0 Å². The first-order chi connectivity index (χ1) is 13.7. The van der Waals surface area contributed by atoms with E-state index in [1.165, 1.54) is 5.56 Å². The minimum atomic E-state index is -0.0280. The largest absolute Gasteiger partial charge is 0.326 e. The molecule has 0 bridgehead atoms. The summed E-state index contributed by atoms with van der Waals surface area (Å²) in [5, 5.41) is 3.02. The Labute approximate surface area is 170 Å². The van der Waals surface area contributed by atoms with Crippen molar-refractivity contribution in [2.75, 3.05) is 16.0 Å². The van der Waals surface area contributed by atoms with Crippen LogP contribution in [-0.2, 0) is 16.0 Å². The Hall–Kier alpha value is -2.27. The molecule has 2 aromatic rings. The number of carbonyl (C=O) groups excluding carboxylic acids is 2. The highest BCUT2D eigenvalue weighted by atomic mass is 32.2. The van der Waals surface area contributed by atoms with Crippen LogP contribution in [0.4, 0.5) is 11.4 Å². The SMILES string of the molecule is CCc1ccccc1N1C(=O)CS[C@@H]1c1ccc(NC(=O)C2CCCC2)cc1. The molecule has 1 N–H and O–H groups in total. The predicted octanol–water partition coefficient (Wildman–Crippen LogP) is 5.16. The number of aryl methyl sites for hydroxylation is 1. The molecule has 1 atom stereocenters. The summed E-state index contributed by atoms with van der Waals surface area (Å²) in [6, 6.07) is 16.1. The van der Waals surface area contributed by atoms with Gasteiger partial charge in [-0.1, -0.05) is 50.1 Å². The van der Waals surface area contributed by atoms with Crippen LogP contribution in [0.2, 0.25) is 0 Å². The minimum absolute atomic E-state index is 0.0280. The van der Waals surface area contributed by atoms with Crippen LogP contribution in [0.15, 0.2) is 48.5 Å². The molecular formula is C23H26N2O2S. The number of amides is 2. The third kappa shape index (κ3) is 3.81. The van der Waals surface area contributed by atoms with E-state index in [1.54, 1.807) is 11.8 Å². The van der Waals surface area contributed by atoms with E-state index < -0.39 is 0 Å². The average molecular weight is 395 g/mol. The summed E-state index contributed by atoms with van der Waals surface area (Å²) in [6.45, 7) is 2.11. The van der Waals surface area contributed by atoms with Gasteiger partial charge in [-0.05, 0) is 48.6 Å². The van der Waals surface area contributed by atoms with Gasteiger partial charge in [0.25, 0.3) is 0 Å². The number of nitrogens with zero attached hydrogens (tertiary/aromatic N) is 1. The standard InChI is InChI=1S/C23H26N2O2S/c1-2-16-7-5-6-10-20(16)25-21(26)15-28-23(25)18-11-13-19(14-12-18)24-22(27)17-8-3-4-9-17/h5-7,10-14,17,23H,2-4,8-9,15H2,1H3,(H,24,27)/t23-/m1/s1. The lowest BCUT2D eigenvalue weighted by Crippen LogP contribution is -2.28. The van der Waals surface area contributed by atoms with E-state index in [9.17, 15) is 9.59 Å². The Morgan fingerprint density at radius 1 is 1.11 bits per heavy atom. The van der Waals surface area contributed by atoms with Gasteiger partial charge in [-0.25, -0.2) is 0 Å². The van der Waals surface area contributed by atoms with Crippen molar-refractivity contribution >= 4 is 35.0 Å². The van der Waals surface area contributed by atoms with E-state index in [4.69, 9.17) is 0 Å². The molecule has 1 saturated carbocycles. The fourth-order valence-electron chi connectivity index (χ4n) is 4.14. The van der Waals surface area contributed by atoms with Crippen LogP contribution in [0.5, 0.6) is 0 Å². The molecule has 5 heteroatoms. The second-order valence-corrected chi connectivity index (χ2v) is 8.57. The van der Waals surface area contributed by atoms with E-state index in [-0.39, 0.29) is 23.1 Å². The molecule has 4 rings (SSSR count). The maximum atomic E-state index is 12.6. The van der Waals surface area contributed by atoms with Gasteiger partial charge >= 0.3 is 0 Å². The molecule has 2 aliphatic rings. The maximum Gasteiger partial charge on any atom is 0.238 e. The number of rotatable bonds is 5. The lowest BCUT2D eigenvalue weighted by atomic mass is 10.1. The highest BCUT2D eigenvalue weighted by Crippen LogP contribution is 2.43. The Morgan fingerprint density at radius 2 is 1.82 bits per heavy atom. The van der Waals surface area contributed by atoms with Crippen LogP contribution in [0.3, 0.4) is 0 Å². The third-order valence-corrected chi connectivity index (χ3v) is 6.90. The summed E-state index contributed by atoms with van der Waals surface area (Å²) < 4.78 is 0. The molecule has 0 spiro atoms. The summed E-state index contributed by atoms with van der Waals surface area (Å²) >= 11 is 1.65. The van der Waals surface area contributed by atoms with E-state index >= 15 is 0 Å². The number of thioether (sulfide) groups is 1. The molecule has 1 aliphatic carbocycles. The number of nitrogens with one attached hydrogen (secondary N) is 1. The summed E-state index contributed by atoms with van der Waals surface area (Å²) in [7, 11) is 0. The Morgan fingerprint density at radius 3 is 2.54 bits per heavy atom. The molecule has 2 aromatic carbocycles. The number of para-hydroxylation sites is 1. The zero-order valence-corrected chi connectivity index (χ0v) is 17.0. The summed E-state index contributed by atoms with van der Waals surface area (Å²) in [5.41, 5.74) is 4.10. The molecule has 0 radical (unpaired) electrons. The summed E-state index contributed by atoms with van der Waals surface area (Å²) in [4.78, 5) is 26.9. The Bertz CT molecular complexity index is 859. The number of anilines is 2. The van der Waals surface area contributed by atoms with Crippen LogP contribution in [0.25, 0.3) is 0 Å². The van der Waals surface area contributed by atoms with Crippen LogP contribution in [0, 0.1) is 5.92 Å². The predicted molar refractivity (Wildman–Crippen MR) is 116 cm³/mol. The third-order valence-electron chi connectivity index (χ3n) is 5.69. The second-order valence-electron chi connectivity index (χ2n) is 7.50. The van der Waals surface area contributed by atoms with Crippen molar-refractivity contribution in [2.24, 2.45) is 5.92 Å². The maximum absolute atomic E-state index is 12.6. The number of carbonyl (C=O) groups is 2. The van der Waals surface area contributed by atoms with E-state index in [0.29, 0.717) is 5.75 Å². The number of hydrogen-bond acceptors (Lipinski definition) is 3. The lowest BCUT2D eigenvalue weighted by molar-refractivity contribution is -0.119. The van der Waals surface area contributed by atoms with Gasteiger partial charge in [0, 0.05) is 17.3 Å². The molecule has 2 amide bonds. The Kier molecular flexibility index (Phi) is 5.72. The van der Waals surface area contributed by atoms with Crippen LogP contribution >= 0.6 is 11.8 Å². The monoisotopic (exact) mass is 394 g/mol. The van der Waals surface area contributed by atoms with Crippen LogP contribution in [-0.4, -0.2) is 17.6 Å². The van der Waals surface area contributed by atoms with E-state index in [0.717, 1.165) is 49.0 Å². The zero-order chi connectivity index (χ0) is 19.5. The first kappa shape index (κ1) is 19.1. The van der Waals surface area contributed by atoms with Gasteiger partial charge < -0.3 is 5.32 Å².